The molecular weight excluding hydrogens is 263 g/mol. The zero-order valence-corrected chi connectivity index (χ0v) is 12.0. The number of amides is 2. The van der Waals surface area contributed by atoms with Crippen molar-refractivity contribution < 1.29 is 19.1 Å². The van der Waals surface area contributed by atoms with E-state index in [9.17, 15) is 14.0 Å². The van der Waals surface area contributed by atoms with Gasteiger partial charge in [0.1, 0.15) is 5.82 Å². The lowest BCUT2D eigenvalue weighted by Gasteiger charge is -2.28. The molecule has 110 valence electrons. The number of halogens is 1. The minimum Gasteiger partial charge on any atom is -0.478 e. The fraction of sp³-hybridized carbons (Fsp3) is 0.429. The SMILES string of the molecule is CC(NC(=O)Nc1ccc(F)c(C(=O)O)c1)C(C)(C)C. The normalized spacial score (nSPS) is 12.7. The number of nitrogens with one attached hydrogen (secondary N) is 2. The first-order chi connectivity index (χ1) is 9.11. The van der Waals surface area contributed by atoms with Crippen molar-refractivity contribution in [2.24, 2.45) is 5.41 Å². The third-order valence-electron chi connectivity index (χ3n) is 3.10. The summed E-state index contributed by atoms with van der Waals surface area (Å²) in [5.74, 6) is -2.22. The van der Waals surface area contributed by atoms with Crippen LogP contribution in [0.5, 0.6) is 0 Å². The van der Waals surface area contributed by atoms with E-state index in [1.807, 2.05) is 27.7 Å². The second-order valence-electron chi connectivity index (χ2n) is 5.69. The summed E-state index contributed by atoms with van der Waals surface area (Å²) in [5, 5.41) is 14.0. The van der Waals surface area contributed by atoms with Crippen molar-refractivity contribution in [1.82, 2.24) is 5.32 Å². The van der Waals surface area contributed by atoms with Crippen molar-refractivity contribution in [3.63, 3.8) is 0 Å². The van der Waals surface area contributed by atoms with Crippen LogP contribution >= 0.6 is 0 Å². The summed E-state index contributed by atoms with van der Waals surface area (Å²) < 4.78 is 13.2. The molecule has 0 fully saturated rings. The fourth-order valence-corrected chi connectivity index (χ4v) is 1.35. The number of benzene rings is 1. The number of carboxylic acid groups (broad SMARTS) is 1. The van der Waals surface area contributed by atoms with Gasteiger partial charge in [0.15, 0.2) is 0 Å². The lowest BCUT2D eigenvalue weighted by molar-refractivity contribution is 0.0692. The Bertz CT molecular complexity index is 524. The van der Waals surface area contributed by atoms with Crippen molar-refractivity contribution in [3.05, 3.63) is 29.6 Å². The summed E-state index contributed by atoms with van der Waals surface area (Å²) in [6.45, 7) is 7.82. The number of carbonyl (C=O) groups excluding carboxylic acids is 1. The molecule has 1 aromatic rings. The molecular formula is C14H19FN2O3. The van der Waals surface area contributed by atoms with Gasteiger partial charge in [-0.3, -0.25) is 0 Å². The molecule has 0 aliphatic heterocycles. The summed E-state index contributed by atoms with van der Waals surface area (Å²) in [6, 6.07) is 2.85. The summed E-state index contributed by atoms with van der Waals surface area (Å²) >= 11 is 0. The van der Waals surface area contributed by atoms with Crippen LogP contribution in [-0.4, -0.2) is 23.1 Å². The number of rotatable bonds is 3. The van der Waals surface area contributed by atoms with Gasteiger partial charge in [-0.15, -0.1) is 0 Å². The van der Waals surface area contributed by atoms with Gasteiger partial charge in [0, 0.05) is 11.7 Å². The summed E-state index contributed by atoms with van der Waals surface area (Å²) in [5.41, 5.74) is -0.360. The van der Waals surface area contributed by atoms with E-state index in [2.05, 4.69) is 10.6 Å². The van der Waals surface area contributed by atoms with Crippen LogP contribution in [0.2, 0.25) is 0 Å². The standard InChI is InChI=1S/C14H19FN2O3/c1-8(14(2,3)4)16-13(20)17-9-5-6-11(15)10(7-9)12(18)19/h5-8H,1-4H3,(H,18,19)(H2,16,17,20). The van der Waals surface area contributed by atoms with Gasteiger partial charge in [-0.25, -0.2) is 14.0 Å². The Hall–Kier alpha value is -2.11. The number of hydrogen-bond donors (Lipinski definition) is 3. The molecule has 20 heavy (non-hydrogen) atoms. The Morgan fingerprint density at radius 1 is 1.30 bits per heavy atom. The molecule has 0 heterocycles. The quantitative estimate of drug-likeness (QED) is 0.797. The summed E-state index contributed by atoms with van der Waals surface area (Å²) in [7, 11) is 0. The minimum atomic E-state index is -1.38. The molecule has 3 N–H and O–H groups in total. The van der Waals surface area contributed by atoms with E-state index >= 15 is 0 Å². The van der Waals surface area contributed by atoms with Crippen molar-refractivity contribution in [2.45, 2.75) is 33.7 Å². The lowest BCUT2D eigenvalue weighted by atomic mass is 9.88. The van der Waals surface area contributed by atoms with Gasteiger partial charge in [0.2, 0.25) is 0 Å². The molecule has 0 spiro atoms. The van der Waals surface area contributed by atoms with Crippen molar-refractivity contribution in [2.75, 3.05) is 5.32 Å². The average molecular weight is 282 g/mol. The molecule has 0 aromatic heterocycles. The number of urea groups is 1. The van der Waals surface area contributed by atoms with E-state index in [4.69, 9.17) is 5.11 Å². The second-order valence-corrected chi connectivity index (χ2v) is 5.69. The Balaban J connectivity index is 2.77. The van der Waals surface area contributed by atoms with Crippen LogP contribution < -0.4 is 10.6 Å². The first kappa shape index (κ1) is 15.9. The maximum atomic E-state index is 13.2. The largest absolute Gasteiger partial charge is 0.478 e. The van der Waals surface area contributed by atoms with E-state index in [0.717, 1.165) is 12.1 Å². The van der Waals surface area contributed by atoms with Gasteiger partial charge in [0.25, 0.3) is 0 Å². The highest BCUT2D eigenvalue weighted by atomic mass is 19.1. The molecule has 1 unspecified atom stereocenters. The molecule has 1 atom stereocenters. The zero-order chi connectivity index (χ0) is 15.5. The zero-order valence-electron chi connectivity index (χ0n) is 12.0. The predicted molar refractivity (Wildman–Crippen MR) is 74.4 cm³/mol. The van der Waals surface area contributed by atoms with E-state index in [1.54, 1.807) is 0 Å². The van der Waals surface area contributed by atoms with Crippen LogP contribution in [0.1, 0.15) is 38.1 Å². The molecule has 1 rings (SSSR count). The van der Waals surface area contributed by atoms with Crippen molar-refractivity contribution >= 4 is 17.7 Å². The van der Waals surface area contributed by atoms with Crippen LogP contribution in [0.25, 0.3) is 0 Å². The van der Waals surface area contributed by atoms with Gasteiger partial charge in [-0.2, -0.15) is 0 Å². The maximum Gasteiger partial charge on any atom is 0.338 e. The number of aromatic carboxylic acids is 1. The van der Waals surface area contributed by atoms with E-state index in [0.29, 0.717) is 0 Å². The summed E-state index contributed by atoms with van der Waals surface area (Å²) in [4.78, 5) is 22.6. The van der Waals surface area contributed by atoms with Gasteiger partial charge in [0.05, 0.1) is 5.56 Å². The predicted octanol–water partition coefficient (Wildman–Crippen LogP) is 3.08. The monoisotopic (exact) mass is 282 g/mol. The Kier molecular flexibility index (Phi) is 4.70. The molecule has 1 aromatic carbocycles. The fourth-order valence-electron chi connectivity index (χ4n) is 1.35. The van der Waals surface area contributed by atoms with Gasteiger partial charge in [-0.1, -0.05) is 20.8 Å². The molecule has 0 saturated heterocycles. The van der Waals surface area contributed by atoms with Gasteiger partial charge in [-0.05, 0) is 30.5 Å². The Labute approximate surface area is 117 Å². The third-order valence-corrected chi connectivity index (χ3v) is 3.10. The van der Waals surface area contributed by atoms with Crippen LogP contribution in [-0.2, 0) is 0 Å². The van der Waals surface area contributed by atoms with E-state index in [-0.39, 0.29) is 17.1 Å². The highest BCUT2D eigenvalue weighted by Gasteiger charge is 2.21. The van der Waals surface area contributed by atoms with Gasteiger partial charge >= 0.3 is 12.0 Å². The molecule has 0 radical (unpaired) electrons. The summed E-state index contributed by atoms with van der Waals surface area (Å²) in [6.07, 6.45) is 0. The highest BCUT2D eigenvalue weighted by Crippen LogP contribution is 2.19. The topological polar surface area (TPSA) is 78.4 Å². The second kappa shape index (κ2) is 5.90. The first-order valence-electron chi connectivity index (χ1n) is 6.21. The highest BCUT2D eigenvalue weighted by molar-refractivity contribution is 5.93. The average Bonchev–Trinajstić information content (AvgIpc) is 2.29. The molecule has 0 aliphatic carbocycles. The molecule has 5 nitrogen and oxygen atoms in total. The molecule has 0 saturated carbocycles. The van der Waals surface area contributed by atoms with Crippen LogP contribution in [0, 0.1) is 11.2 Å². The Morgan fingerprint density at radius 3 is 2.40 bits per heavy atom. The van der Waals surface area contributed by atoms with Crippen molar-refractivity contribution in [3.8, 4) is 0 Å². The maximum absolute atomic E-state index is 13.2. The Morgan fingerprint density at radius 2 is 1.90 bits per heavy atom. The van der Waals surface area contributed by atoms with Crippen molar-refractivity contribution in [1.29, 1.82) is 0 Å². The molecule has 0 bridgehead atoms. The number of hydrogen-bond acceptors (Lipinski definition) is 2. The molecule has 2 amide bonds. The number of carboxylic acids is 1. The lowest BCUT2D eigenvalue weighted by Crippen LogP contribution is -2.43. The molecule has 6 heteroatoms. The van der Waals surface area contributed by atoms with Gasteiger partial charge < -0.3 is 15.7 Å². The minimum absolute atomic E-state index is 0.0816. The number of anilines is 1. The third kappa shape index (κ3) is 4.22. The molecule has 0 aliphatic rings. The van der Waals surface area contributed by atoms with Crippen LogP contribution in [0.4, 0.5) is 14.9 Å². The van der Waals surface area contributed by atoms with Crippen LogP contribution in [0.15, 0.2) is 18.2 Å². The smallest absolute Gasteiger partial charge is 0.338 e. The first-order valence-corrected chi connectivity index (χ1v) is 6.21. The van der Waals surface area contributed by atoms with E-state index in [1.165, 1.54) is 6.07 Å². The van der Waals surface area contributed by atoms with E-state index < -0.39 is 23.4 Å². The number of carbonyl (C=O) groups is 2. The van der Waals surface area contributed by atoms with Crippen LogP contribution in [0.3, 0.4) is 0 Å².